The first-order valence-electron chi connectivity index (χ1n) is 33.3. The van der Waals surface area contributed by atoms with Crippen LogP contribution in [0.3, 0.4) is 0 Å². The standard InChI is InChI=1S/C77H120O6/c1-4-7-10-13-16-19-22-25-28-30-32-33-34-35-36-37-38-39-40-41-42-43-45-46-49-52-55-58-61-64-67-70-76(79)82-73-74(72-81-75(78)69-66-63-60-57-54-51-48-27-24-21-18-15-12-9-6-3)83-77(80)71-68-65-62-59-56-53-50-47-44-31-29-26-23-20-17-14-11-8-5-2/h7-8,10-11,16-17,19-20,25-29,32-33,35-36,38-39,41-42,44-48,52-53,55-56,74H,4-6,9,12-15,18,21-24,30-31,34,37,40,43,49-51,54,57-73H2,1-3H3/b10-7-,11-8-,19-16-,20-17-,28-25-,29-26-,33-32-,36-35-,39-38-,42-41-,46-45-,47-44-,48-27-,55-52-,56-53-. The molecule has 0 aliphatic carbocycles. The van der Waals surface area contributed by atoms with Gasteiger partial charge in [-0.1, -0.05) is 267 Å². The molecule has 0 aromatic carbocycles. The second-order valence-corrected chi connectivity index (χ2v) is 21.3. The molecule has 83 heavy (non-hydrogen) atoms. The quantitative estimate of drug-likeness (QED) is 0.0261. The summed E-state index contributed by atoms with van der Waals surface area (Å²) in [7, 11) is 0. The maximum atomic E-state index is 12.9. The van der Waals surface area contributed by atoms with Crippen LogP contribution in [-0.2, 0) is 28.6 Å². The Morgan fingerprint density at radius 1 is 0.253 bits per heavy atom. The van der Waals surface area contributed by atoms with Gasteiger partial charge in [0.15, 0.2) is 6.10 Å². The van der Waals surface area contributed by atoms with Crippen molar-refractivity contribution in [2.24, 2.45) is 0 Å². The zero-order valence-corrected chi connectivity index (χ0v) is 53.1. The highest BCUT2D eigenvalue weighted by Crippen LogP contribution is 2.13. The van der Waals surface area contributed by atoms with Gasteiger partial charge in [-0.2, -0.15) is 0 Å². The molecule has 0 rings (SSSR count). The summed E-state index contributed by atoms with van der Waals surface area (Å²) in [6, 6.07) is 0. The summed E-state index contributed by atoms with van der Waals surface area (Å²) in [5.41, 5.74) is 0. The predicted molar refractivity (Wildman–Crippen MR) is 361 cm³/mol. The van der Waals surface area contributed by atoms with Gasteiger partial charge >= 0.3 is 17.9 Å². The maximum absolute atomic E-state index is 12.9. The lowest BCUT2D eigenvalue weighted by Gasteiger charge is -2.18. The van der Waals surface area contributed by atoms with Crippen LogP contribution in [-0.4, -0.2) is 37.2 Å². The molecular formula is C77H120O6. The molecule has 0 aliphatic heterocycles. The van der Waals surface area contributed by atoms with E-state index in [-0.39, 0.29) is 37.5 Å². The highest BCUT2D eigenvalue weighted by atomic mass is 16.6. The van der Waals surface area contributed by atoms with Gasteiger partial charge in [0, 0.05) is 19.3 Å². The van der Waals surface area contributed by atoms with E-state index in [0.29, 0.717) is 19.3 Å². The monoisotopic (exact) mass is 1140 g/mol. The van der Waals surface area contributed by atoms with Gasteiger partial charge in [-0.25, -0.2) is 0 Å². The fraction of sp³-hybridized carbons (Fsp3) is 0.571. The lowest BCUT2D eigenvalue weighted by Crippen LogP contribution is -2.30. The smallest absolute Gasteiger partial charge is 0.306 e. The van der Waals surface area contributed by atoms with Gasteiger partial charge in [-0.05, 0) is 161 Å². The van der Waals surface area contributed by atoms with E-state index in [4.69, 9.17) is 14.2 Å². The van der Waals surface area contributed by atoms with Crippen molar-refractivity contribution < 1.29 is 28.6 Å². The maximum Gasteiger partial charge on any atom is 0.306 e. The first-order chi connectivity index (χ1) is 41.0. The van der Waals surface area contributed by atoms with Crippen LogP contribution in [0.15, 0.2) is 182 Å². The summed E-state index contributed by atoms with van der Waals surface area (Å²) in [6.07, 6.45) is 103. The Kier molecular flexibility index (Phi) is 64.4. The molecule has 0 N–H and O–H groups in total. The average molecular weight is 1140 g/mol. The summed E-state index contributed by atoms with van der Waals surface area (Å²) in [5.74, 6) is -0.995. The number of hydrogen-bond acceptors (Lipinski definition) is 6. The number of rotatable bonds is 58. The van der Waals surface area contributed by atoms with Gasteiger partial charge in [0.1, 0.15) is 13.2 Å². The molecule has 6 nitrogen and oxygen atoms in total. The second-order valence-electron chi connectivity index (χ2n) is 21.3. The van der Waals surface area contributed by atoms with Crippen LogP contribution in [0.1, 0.15) is 265 Å². The van der Waals surface area contributed by atoms with Crippen LogP contribution >= 0.6 is 0 Å². The Labute approximate surface area is 510 Å². The van der Waals surface area contributed by atoms with Crippen molar-refractivity contribution in [3.8, 4) is 0 Å². The predicted octanol–water partition coefficient (Wildman–Crippen LogP) is 23.2. The van der Waals surface area contributed by atoms with Gasteiger partial charge in [-0.3, -0.25) is 14.4 Å². The number of allylic oxidation sites excluding steroid dienone is 30. The van der Waals surface area contributed by atoms with E-state index in [0.717, 1.165) is 167 Å². The van der Waals surface area contributed by atoms with E-state index in [1.807, 2.05) is 0 Å². The molecule has 464 valence electrons. The zero-order chi connectivity index (χ0) is 59.9. The number of unbranched alkanes of at least 4 members (excludes halogenated alkanes) is 17. The number of hydrogen-bond donors (Lipinski definition) is 0. The van der Waals surface area contributed by atoms with Gasteiger partial charge in [0.25, 0.3) is 0 Å². The number of ether oxygens (including phenoxy) is 3. The number of esters is 3. The van der Waals surface area contributed by atoms with Crippen molar-refractivity contribution in [3.05, 3.63) is 182 Å². The molecule has 0 aromatic rings. The largest absolute Gasteiger partial charge is 0.462 e. The molecule has 0 aliphatic rings. The Hall–Kier alpha value is -5.49. The van der Waals surface area contributed by atoms with E-state index in [1.54, 1.807) is 0 Å². The van der Waals surface area contributed by atoms with Crippen molar-refractivity contribution in [1.82, 2.24) is 0 Å². The van der Waals surface area contributed by atoms with Crippen molar-refractivity contribution >= 4 is 17.9 Å². The third kappa shape index (κ3) is 67.2. The van der Waals surface area contributed by atoms with Crippen molar-refractivity contribution in [2.75, 3.05) is 13.2 Å². The van der Waals surface area contributed by atoms with Crippen LogP contribution in [0.5, 0.6) is 0 Å². The van der Waals surface area contributed by atoms with Crippen LogP contribution in [0.2, 0.25) is 0 Å². The molecule has 0 radical (unpaired) electrons. The lowest BCUT2D eigenvalue weighted by atomic mass is 10.1. The molecule has 6 heteroatoms. The normalized spacial score (nSPS) is 13.3. The molecule has 0 amide bonds. The fourth-order valence-electron chi connectivity index (χ4n) is 8.46. The highest BCUT2D eigenvalue weighted by molar-refractivity contribution is 5.71. The number of carbonyl (C=O) groups excluding carboxylic acids is 3. The molecule has 0 aromatic heterocycles. The molecular weight excluding hydrogens is 1020 g/mol. The summed E-state index contributed by atoms with van der Waals surface area (Å²) in [6.45, 7) is 6.34. The SMILES string of the molecule is CC/C=C\C/C=C\C/C=C\C/C=C\C/C=C\C/C=C\C/C=C\C/C=C\C/C=C\CCCCCC(=O)OCC(COC(=O)CCCCCCC/C=C\CCCCCCCC)OC(=O)CCCCC/C=C\C/C=C\C/C=C\C/C=C\C/C=C\CC. The molecule has 1 unspecified atom stereocenters. The summed E-state index contributed by atoms with van der Waals surface area (Å²) >= 11 is 0. The van der Waals surface area contributed by atoms with Crippen molar-refractivity contribution in [2.45, 2.75) is 271 Å². The Bertz CT molecular complexity index is 1940. The minimum absolute atomic E-state index is 0.115. The van der Waals surface area contributed by atoms with Crippen LogP contribution in [0.4, 0.5) is 0 Å². The van der Waals surface area contributed by atoms with E-state index >= 15 is 0 Å². The molecule has 0 fully saturated rings. The minimum atomic E-state index is -0.825. The minimum Gasteiger partial charge on any atom is -0.462 e. The van der Waals surface area contributed by atoms with E-state index in [9.17, 15) is 14.4 Å². The highest BCUT2D eigenvalue weighted by Gasteiger charge is 2.19. The first-order valence-corrected chi connectivity index (χ1v) is 33.3. The zero-order valence-electron chi connectivity index (χ0n) is 53.1. The van der Waals surface area contributed by atoms with Gasteiger partial charge in [0.05, 0.1) is 0 Å². The van der Waals surface area contributed by atoms with Gasteiger partial charge in [-0.15, -0.1) is 0 Å². The van der Waals surface area contributed by atoms with E-state index in [2.05, 4.69) is 203 Å². The fourth-order valence-corrected chi connectivity index (χ4v) is 8.46. The molecule has 1 atom stereocenters. The van der Waals surface area contributed by atoms with Gasteiger partial charge in [0.2, 0.25) is 0 Å². The lowest BCUT2D eigenvalue weighted by molar-refractivity contribution is -0.167. The Morgan fingerprint density at radius 3 is 0.759 bits per heavy atom. The van der Waals surface area contributed by atoms with E-state index in [1.165, 1.54) is 51.4 Å². The summed E-state index contributed by atoms with van der Waals surface area (Å²) < 4.78 is 16.9. The van der Waals surface area contributed by atoms with Crippen LogP contribution in [0, 0.1) is 0 Å². The molecule has 0 heterocycles. The topological polar surface area (TPSA) is 78.9 Å². The third-order valence-electron chi connectivity index (χ3n) is 13.4. The Morgan fingerprint density at radius 2 is 0.470 bits per heavy atom. The van der Waals surface area contributed by atoms with Gasteiger partial charge < -0.3 is 14.2 Å². The van der Waals surface area contributed by atoms with Crippen molar-refractivity contribution in [3.63, 3.8) is 0 Å². The first kappa shape index (κ1) is 77.5. The summed E-state index contributed by atoms with van der Waals surface area (Å²) in [4.78, 5) is 38.4. The summed E-state index contributed by atoms with van der Waals surface area (Å²) in [5, 5.41) is 0. The second kappa shape index (κ2) is 69.0. The van der Waals surface area contributed by atoms with E-state index < -0.39 is 6.10 Å². The molecule has 0 spiro atoms. The van der Waals surface area contributed by atoms with Crippen LogP contribution < -0.4 is 0 Å². The number of carbonyl (C=O) groups is 3. The molecule has 0 saturated heterocycles. The molecule has 0 saturated carbocycles. The Balaban J connectivity index is 4.50. The molecule has 0 bridgehead atoms. The van der Waals surface area contributed by atoms with Crippen molar-refractivity contribution in [1.29, 1.82) is 0 Å². The van der Waals surface area contributed by atoms with Crippen LogP contribution in [0.25, 0.3) is 0 Å². The third-order valence-corrected chi connectivity index (χ3v) is 13.4. The average Bonchev–Trinajstić information content (AvgIpc) is 3.49.